The van der Waals surface area contributed by atoms with Crippen molar-refractivity contribution in [1.82, 2.24) is 19.5 Å². The van der Waals surface area contributed by atoms with Crippen molar-refractivity contribution in [2.75, 3.05) is 0 Å². The van der Waals surface area contributed by atoms with E-state index in [1.165, 1.54) is 10.9 Å². The highest BCUT2D eigenvalue weighted by molar-refractivity contribution is 7.78. The van der Waals surface area contributed by atoms with E-state index in [4.69, 9.17) is 0 Å². The number of nitrogens with zero attached hydrogens (tertiary/aromatic N) is 3. The van der Waals surface area contributed by atoms with Crippen LogP contribution in [0.25, 0.3) is 5.82 Å². The van der Waals surface area contributed by atoms with Crippen molar-refractivity contribution < 1.29 is 4.39 Å². The molecule has 1 N–H and O–H groups in total. The first kappa shape index (κ1) is 11.1. The van der Waals surface area contributed by atoms with Crippen LogP contribution in [0.2, 0.25) is 0 Å². The average molecular weight is 238 g/mol. The maximum absolute atomic E-state index is 12.7. The number of nitrogens with one attached hydrogen (secondary N) is 1. The molecule has 2 heterocycles. The summed E-state index contributed by atoms with van der Waals surface area (Å²) in [6.07, 6.45) is 4.14. The summed E-state index contributed by atoms with van der Waals surface area (Å²) in [4.78, 5) is 4.19. The molecule has 0 aromatic carbocycles. The van der Waals surface area contributed by atoms with Crippen molar-refractivity contribution in [3.8, 4) is 5.82 Å². The molecule has 6 heteroatoms. The molecule has 0 radical (unpaired) electrons. The van der Waals surface area contributed by atoms with Crippen molar-refractivity contribution in [1.29, 1.82) is 0 Å². The lowest BCUT2D eigenvalue weighted by molar-refractivity contribution is 0.627. The van der Waals surface area contributed by atoms with Crippen LogP contribution in [0, 0.1) is 5.82 Å². The average Bonchev–Trinajstić information content (AvgIpc) is 2.75. The number of halogens is 1. The number of thiol groups is 1. The third kappa shape index (κ3) is 2.23. The summed E-state index contributed by atoms with van der Waals surface area (Å²) in [5.41, 5.74) is 1.01. The predicted molar refractivity (Wildman–Crippen MR) is 61.9 cm³/mol. The van der Waals surface area contributed by atoms with Gasteiger partial charge in [0.05, 0.1) is 12.4 Å². The van der Waals surface area contributed by atoms with Crippen molar-refractivity contribution >= 4 is 12.8 Å². The van der Waals surface area contributed by atoms with Crippen LogP contribution in [0.1, 0.15) is 18.5 Å². The molecule has 84 valence electrons. The van der Waals surface area contributed by atoms with Gasteiger partial charge in [0.1, 0.15) is 0 Å². The van der Waals surface area contributed by atoms with Crippen molar-refractivity contribution in [3.63, 3.8) is 0 Å². The minimum atomic E-state index is -0.378. The van der Waals surface area contributed by atoms with Gasteiger partial charge in [-0.3, -0.25) is 4.72 Å². The van der Waals surface area contributed by atoms with Crippen LogP contribution in [0.15, 0.2) is 30.7 Å². The zero-order chi connectivity index (χ0) is 11.5. The molecule has 2 rings (SSSR count). The molecule has 0 aliphatic heterocycles. The summed E-state index contributed by atoms with van der Waals surface area (Å²) >= 11 is 3.98. The number of hydrogen-bond acceptors (Lipinski definition) is 4. The second-order valence-corrected chi connectivity index (χ2v) is 3.66. The summed E-state index contributed by atoms with van der Waals surface area (Å²) in [6.45, 7) is 1.97. The summed E-state index contributed by atoms with van der Waals surface area (Å²) in [6, 6.07) is 3.79. The Kier molecular flexibility index (Phi) is 3.21. The van der Waals surface area contributed by atoms with E-state index in [9.17, 15) is 4.39 Å². The lowest BCUT2D eigenvalue weighted by Gasteiger charge is -2.09. The highest BCUT2D eigenvalue weighted by Crippen LogP contribution is 2.13. The fraction of sp³-hybridized carbons (Fsp3) is 0.200. The molecular formula is C10H11FN4S. The molecule has 16 heavy (non-hydrogen) atoms. The van der Waals surface area contributed by atoms with E-state index in [0.29, 0.717) is 5.82 Å². The van der Waals surface area contributed by atoms with Gasteiger partial charge in [-0.15, -0.1) is 0 Å². The topological polar surface area (TPSA) is 42.7 Å². The highest BCUT2D eigenvalue weighted by atomic mass is 32.1. The maximum Gasteiger partial charge on any atom is 0.161 e. The molecule has 0 spiro atoms. The minimum Gasteiger partial charge on any atom is -0.260 e. The lowest BCUT2D eigenvalue weighted by Crippen LogP contribution is -2.07. The van der Waals surface area contributed by atoms with E-state index >= 15 is 0 Å². The number of aromatic nitrogens is 3. The summed E-state index contributed by atoms with van der Waals surface area (Å²) in [5.74, 6) is 0.204. The van der Waals surface area contributed by atoms with E-state index in [1.54, 1.807) is 12.3 Å². The number of hydrogen-bond donors (Lipinski definition) is 2. The number of rotatable bonds is 3. The monoisotopic (exact) mass is 238 g/mol. The van der Waals surface area contributed by atoms with Crippen LogP contribution in [-0.4, -0.2) is 14.8 Å². The standard InChI is InChI=1S/C10H11FN4S/c1-7(14-16)8-2-3-10(12-4-8)15-6-9(11)5-13-15/h2-7,14,16H,1H3/t7-/m1/s1. The zero-order valence-electron chi connectivity index (χ0n) is 8.63. The van der Waals surface area contributed by atoms with Gasteiger partial charge >= 0.3 is 0 Å². The van der Waals surface area contributed by atoms with Crippen LogP contribution in [-0.2, 0) is 0 Å². The third-order valence-electron chi connectivity index (χ3n) is 2.25. The smallest absolute Gasteiger partial charge is 0.161 e. The molecule has 0 bridgehead atoms. The molecule has 1 atom stereocenters. The van der Waals surface area contributed by atoms with Gasteiger partial charge in [0.15, 0.2) is 11.6 Å². The molecule has 0 aliphatic carbocycles. The first-order valence-electron chi connectivity index (χ1n) is 4.77. The molecular weight excluding hydrogens is 227 g/mol. The van der Waals surface area contributed by atoms with E-state index in [-0.39, 0.29) is 11.9 Å². The van der Waals surface area contributed by atoms with Crippen molar-refractivity contribution in [3.05, 3.63) is 42.1 Å². The van der Waals surface area contributed by atoms with Crippen LogP contribution < -0.4 is 4.72 Å². The first-order valence-corrected chi connectivity index (χ1v) is 5.21. The van der Waals surface area contributed by atoms with Crippen LogP contribution >= 0.6 is 12.8 Å². The highest BCUT2D eigenvalue weighted by Gasteiger charge is 2.05. The van der Waals surface area contributed by atoms with Gasteiger partial charge in [-0.2, -0.15) is 5.10 Å². The Morgan fingerprint density at radius 1 is 1.44 bits per heavy atom. The van der Waals surface area contributed by atoms with E-state index in [1.807, 2.05) is 13.0 Å². The van der Waals surface area contributed by atoms with Gasteiger partial charge in [0, 0.05) is 12.2 Å². The van der Waals surface area contributed by atoms with Gasteiger partial charge in [0.2, 0.25) is 0 Å². The first-order chi connectivity index (χ1) is 7.70. The Morgan fingerprint density at radius 3 is 2.75 bits per heavy atom. The Balaban J connectivity index is 2.25. The Labute approximate surface area is 98.1 Å². The van der Waals surface area contributed by atoms with Crippen LogP contribution in [0.5, 0.6) is 0 Å². The molecule has 0 aliphatic rings. The normalized spacial score (nSPS) is 12.7. The SMILES string of the molecule is C[C@@H](NS)c1ccc(-n2cc(F)cn2)nc1. The molecule has 0 saturated heterocycles. The van der Waals surface area contributed by atoms with Crippen LogP contribution in [0.4, 0.5) is 4.39 Å². The molecule has 0 unspecified atom stereocenters. The van der Waals surface area contributed by atoms with Gasteiger partial charge < -0.3 is 0 Å². The second kappa shape index (κ2) is 4.63. The Morgan fingerprint density at radius 2 is 2.25 bits per heavy atom. The van der Waals surface area contributed by atoms with E-state index in [2.05, 4.69) is 27.6 Å². The summed E-state index contributed by atoms with van der Waals surface area (Å²) < 4.78 is 16.9. The largest absolute Gasteiger partial charge is 0.260 e. The van der Waals surface area contributed by atoms with Gasteiger partial charge in [-0.1, -0.05) is 18.9 Å². The third-order valence-corrected chi connectivity index (χ3v) is 2.64. The van der Waals surface area contributed by atoms with Gasteiger partial charge in [-0.25, -0.2) is 14.1 Å². The minimum absolute atomic E-state index is 0.110. The van der Waals surface area contributed by atoms with Crippen LogP contribution in [0.3, 0.4) is 0 Å². The van der Waals surface area contributed by atoms with Gasteiger partial charge in [-0.05, 0) is 18.6 Å². The molecule has 0 fully saturated rings. The fourth-order valence-electron chi connectivity index (χ4n) is 1.29. The summed E-state index contributed by atoms with van der Waals surface area (Å²) in [7, 11) is 0. The Hall–Kier alpha value is -1.40. The molecule has 0 amide bonds. The predicted octanol–water partition coefficient (Wildman–Crippen LogP) is 1.90. The molecule has 2 aromatic rings. The quantitative estimate of drug-likeness (QED) is 0.803. The Bertz CT molecular complexity index is 468. The number of pyridine rings is 1. The van der Waals surface area contributed by atoms with Crippen molar-refractivity contribution in [2.24, 2.45) is 0 Å². The van der Waals surface area contributed by atoms with Crippen molar-refractivity contribution in [2.45, 2.75) is 13.0 Å². The molecule has 2 aromatic heterocycles. The fourth-order valence-corrected chi connectivity index (χ4v) is 1.44. The molecule has 4 nitrogen and oxygen atoms in total. The van der Waals surface area contributed by atoms with E-state index < -0.39 is 0 Å². The zero-order valence-corrected chi connectivity index (χ0v) is 9.53. The summed E-state index contributed by atoms with van der Waals surface area (Å²) in [5, 5.41) is 3.83. The van der Waals surface area contributed by atoms with E-state index in [0.717, 1.165) is 11.8 Å². The lowest BCUT2D eigenvalue weighted by atomic mass is 10.1. The van der Waals surface area contributed by atoms with Gasteiger partial charge in [0.25, 0.3) is 0 Å². The second-order valence-electron chi connectivity index (χ2n) is 3.40. The maximum atomic E-state index is 12.7. The molecule has 0 saturated carbocycles.